The van der Waals surface area contributed by atoms with Crippen LogP contribution in [-0.2, 0) is 10.0 Å². The number of fused-ring (bicyclic) bond motifs is 1. The van der Waals surface area contributed by atoms with Gasteiger partial charge in [0.25, 0.3) is 0 Å². The van der Waals surface area contributed by atoms with Crippen LogP contribution in [0.5, 0.6) is 0 Å². The van der Waals surface area contributed by atoms with Gasteiger partial charge in [0, 0.05) is 16.6 Å². The molecule has 27 heavy (non-hydrogen) atoms. The Kier molecular flexibility index (Phi) is 4.90. The SMILES string of the molecule is Cc1c([C@@H](C)NC(=O)Nc2ccc(S(N)(=O)=O)cc2)oc2ccc(F)cc12. The number of sulfonamides is 1. The molecule has 0 unspecified atom stereocenters. The molecule has 0 fully saturated rings. The van der Waals surface area contributed by atoms with Crippen molar-refractivity contribution in [1.82, 2.24) is 5.32 Å². The highest BCUT2D eigenvalue weighted by molar-refractivity contribution is 7.89. The van der Waals surface area contributed by atoms with Crippen LogP contribution in [0, 0.1) is 12.7 Å². The molecule has 7 nitrogen and oxygen atoms in total. The Morgan fingerprint density at radius 3 is 2.48 bits per heavy atom. The van der Waals surface area contributed by atoms with Crippen molar-refractivity contribution in [3.63, 3.8) is 0 Å². The van der Waals surface area contributed by atoms with Crippen molar-refractivity contribution in [2.24, 2.45) is 5.14 Å². The third kappa shape index (κ3) is 4.09. The maximum absolute atomic E-state index is 13.4. The van der Waals surface area contributed by atoms with Gasteiger partial charge in [0.05, 0.1) is 10.9 Å². The standard InChI is InChI=1S/C18H18FN3O4S/c1-10-15-9-12(19)3-8-16(15)26-17(10)11(2)21-18(23)22-13-4-6-14(7-5-13)27(20,24)25/h3-9,11H,1-2H3,(H2,20,24,25)(H2,21,22,23)/t11-/m1/s1. The van der Waals surface area contributed by atoms with Crippen LogP contribution in [-0.4, -0.2) is 14.4 Å². The zero-order chi connectivity index (χ0) is 19.8. The Hall–Kier alpha value is -2.91. The van der Waals surface area contributed by atoms with Crippen LogP contribution < -0.4 is 15.8 Å². The number of nitrogens with one attached hydrogen (secondary N) is 2. The monoisotopic (exact) mass is 391 g/mol. The molecule has 2 aromatic carbocycles. The number of carbonyl (C=O) groups is 1. The van der Waals surface area contributed by atoms with Crippen molar-refractivity contribution in [2.45, 2.75) is 24.8 Å². The molecule has 0 saturated carbocycles. The first-order valence-electron chi connectivity index (χ1n) is 8.04. The fourth-order valence-corrected chi connectivity index (χ4v) is 3.30. The van der Waals surface area contributed by atoms with Crippen molar-refractivity contribution in [1.29, 1.82) is 0 Å². The summed E-state index contributed by atoms with van der Waals surface area (Å²) in [5.74, 6) is 0.162. The van der Waals surface area contributed by atoms with E-state index in [0.29, 0.717) is 22.4 Å². The van der Waals surface area contributed by atoms with Gasteiger partial charge in [-0.05, 0) is 56.3 Å². The number of anilines is 1. The second kappa shape index (κ2) is 7.01. The summed E-state index contributed by atoms with van der Waals surface area (Å²) in [6.07, 6.45) is 0. The molecule has 0 aliphatic heterocycles. The molecule has 3 rings (SSSR count). The predicted octanol–water partition coefficient (Wildman–Crippen LogP) is 3.41. The fourth-order valence-electron chi connectivity index (χ4n) is 2.78. The maximum atomic E-state index is 13.4. The maximum Gasteiger partial charge on any atom is 0.319 e. The average molecular weight is 391 g/mol. The summed E-state index contributed by atoms with van der Waals surface area (Å²) >= 11 is 0. The van der Waals surface area contributed by atoms with Gasteiger partial charge in [-0.15, -0.1) is 0 Å². The molecule has 142 valence electrons. The van der Waals surface area contributed by atoms with Gasteiger partial charge in [-0.25, -0.2) is 22.7 Å². The van der Waals surface area contributed by atoms with Gasteiger partial charge in [0.2, 0.25) is 10.0 Å². The van der Waals surface area contributed by atoms with Crippen molar-refractivity contribution in [3.05, 3.63) is 59.6 Å². The Balaban J connectivity index is 1.71. The van der Waals surface area contributed by atoms with Crippen molar-refractivity contribution in [3.8, 4) is 0 Å². The largest absolute Gasteiger partial charge is 0.459 e. The van der Waals surface area contributed by atoms with Crippen LogP contribution in [0.15, 0.2) is 51.8 Å². The third-order valence-electron chi connectivity index (χ3n) is 4.12. The van der Waals surface area contributed by atoms with Gasteiger partial charge in [-0.2, -0.15) is 0 Å². The molecule has 1 atom stereocenters. The van der Waals surface area contributed by atoms with Crippen LogP contribution >= 0.6 is 0 Å². The van der Waals surface area contributed by atoms with Gasteiger partial charge < -0.3 is 15.1 Å². The molecule has 3 aromatic rings. The molecule has 9 heteroatoms. The summed E-state index contributed by atoms with van der Waals surface area (Å²) in [5, 5.41) is 11.0. The fraction of sp³-hybridized carbons (Fsp3) is 0.167. The van der Waals surface area contributed by atoms with E-state index in [2.05, 4.69) is 10.6 Å². The van der Waals surface area contributed by atoms with E-state index in [0.717, 1.165) is 5.56 Å². The van der Waals surface area contributed by atoms with Crippen LogP contribution in [0.3, 0.4) is 0 Å². The number of urea groups is 1. The summed E-state index contributed by atoms with van der Waals surface area (Å²) < 4.78 is 41.6. The number of hydrogen-bond acceptors (Lipinski definition) is 4. The van der Waals surface area contributed by atoms with Crippen LogP contribution in [0.25, 0.3) is 11.0 Å². The quantitative estimate of drug-likeness (QED) is 0.632. The molecule has 0 bridgehead atoms. The molecule has 0 aliphatic carbocycles. The molecule has 2 amide bonds. The van der Waals surface area contributed by atoms with Crippen molar-refractivity contribution < 1.29 is 22.0 Å². The lowest BCUT2D eigenvalue weighted by Gasteiger charge is -2.13. The Morgan fingerprint density at radius 2 is 1.85 bits per heavy atom. The number of furan rings is 1. The number of halogens is 1. The minimum Gasteiger partial charge on any atom is -0.459 e. The number of benzene rings is 2. The Morgan fingerprint density at radius 1 is 1.19 bits per heavy atom. The first kappa shape index (κ1) is 18.9. The second-order valence-electron chi connectivity index (χ2n) is 6.12. The number of nitrogens with two attached hydrogens (primary N) is 1. The molecular formula is C18H18FN3O4S. The highest BCUT2D eigenvalue weighted by Crippen LogP contribution is 2.30. The average Bonchev–Trinajstić information content (AvgIpc) is 2.91. The van der Waals surface area contributed by atoms with Gasteiger partial charge in [-0.1, -0.05) is 0 Å². The first-order chi connectivity index (χ1) is 12.6. The molecule has 0 spiro atoms. The van der Waals surface area contributed by atoms with E-state index < -0.39 is 22.1 Å². The summed E-state index contributed by atoms with van der Waals surface area (Å²) in [6, 6.07) is 8.72. The zero-order valence-electron chi connectivity index (χ0n) is 14.6. The van der Waals surface area contributed by atoms with E-state index in [1.165, 1.54) is 36.4 Å². The molecule has 1 heterocycles. The van der Waals surface area contributed by atoms with E-state index in [1.54, 1.807) is 19.9 Å². The number of amides is 2. The van der Waals surface area contributed by atoms with Gasteiger partial charge >= 0.3 is 6.03 Å². The van der Waals surface area contributed by atoms with Crippen LogP contribution in [0.4, 0.5) is 14.9 Å². The van der Waals surface area contributed by atoms with E-state index in [4.69, 9.17) is 9.56 Å². The number of hydrogen-bond donors (Lipinski definition) is 3. The topological polar surface area (TPSA) is 114 Å². The molecule has 0 radical (unpaired) electrons. The van der Waals surface area contributed by atoms with E-state index in [1.807, 2.05) is 0 Å². The lowest BCUT2D eigenvalue weighted by molar-refractivity contribution is 0.248. The van der Waals surface area contributed by atoms with Crippen LogP contribution in [0.1, 0.15) is 24.3 Å². The molecular weight excluding hydrogens is 373 g/mol. The first-order valence-corrected chi connectivity index (χ1v) is 9.58. The highest BCUT2D eigenvalue weighted by atomic mass is 32.2. The predicted molar refractivity (Wildman–Crippen MR) is 99.3 cm³/mol. The summed E-state index contributed by atoms with van der Waals surface area (Å²) in [5.41, 5.74) is 1.68. The zero-order valence-corrected chi connectivity index (χ0v) is 15.4. The van der Waals surface area contributed by atoms with E-state index in [9.17, 15) is 17.6 Å². The normalized spacial score (nSPS) is 12.7. The molecule has 4 N–H and O–H groups in total. The lowest BCUT2D eigenvalue weighted by atomic mass is 10.1. The second-order valence-corrected chi connectivity index (χ2v) is 7.68. The number of rotatable bonds is 4. The minimum atomic E-state index is -3.79. The van der Waals surface area contributed by atoms with Crippen molar-refractivity contribution in [2.75, 3.05) is 5.32 Å². The summed E-state index contributed by atoms with van der Waals surface area (Å²) in [7, 11) is -3.79. The van der Waals surface area contributed by atoms with Crippen molar-refractivity contribution >= 4 is 32.7 Å². The number of aryl methyl sites for hydroxylation is 1. The van der Waals surface area contributed by atoms with Gasteiger partial charge in [0.15, 0.2) is 0 Å². The van der Waals surface area contributed by atoms with Gasteiger partial charge in [0.1, 0.15) is 17.2 Å². The molecule has 0 saturated heterocycles. The smallest absolute Gasteiger partial charge is 0.319 e. The molecule has 0 aliphatic rings. The highest BCUT2D eigenvalue weighted by Gasteiger charge is 2.19. The van der Waals surface area contributed by atoms with Gasteiger partial charge in [-0.3, -0.25) is 0 Å². The number of primary sulfonamides is 1. The van der Waals surface area contributed by atoms with E-state index >= 15 is 0 Å². The summed E-state index contributed by atoms with van der Waals surface area (Å²) in [6.45, 7) is 3.54. The minimum absolute atomic E-state index is 0.0491. The van der Waals surface area contributed by atoms with E-state index in [-0.39, 0.29) is 10.7 Å². The summed E-state index contributed by atoms with van der Waals surface area (Å²) in [4.78, 5) is 12.1. The third-order valence-corrected chi connectivity index (χ3v) is 5.05. The Labute approximate surface area is 155 Å². The Bertz CT molecular complexity index is 1110. The lowest BCUT2D eigenvalue weighted by Crippen LogP contribution is -2.31. The molecule has 1 aromatic heterocycles. The number of carbonyl (C=O) groups excluding carboxylic acids is 1. The van der Waals surface area contributed by atoms with Crippen LogP contribution in [0.2, 0.25) is 0 Å².